The van der Waals surface area contributed by atoms with E-state index in [1.165, 1.54) is 19.3 Å². The number of para-hydroxylation sites is 1. The Hall–Kier alpha value is -4.12. The van der Waals surface area contributed by atoms with Crippen molar-refractivity contribution < 1.29 is 14.6 Å². The number of ketones is 1. The minimum Gasteiger partial charge on any atom is -0.504 e. The van der Waals surface area contributed by atoms with Gasteiger partial charge in [0.25, 0.3) is 0 Å². The molecule has 3 aromatic carbocycles. The molecule has 4 aromatic rings. The second-order valence-corrected chi connectivity index (χ2v) is 6.72. The van der Waals surface area contributed by atoms with Crippen LogP contribution in [0.25, 0.3) is 17.0 Å². The van der Waals surface area contributed by atoms with E-state index < -0.39 is 0 Å². The monoisotopic (exact) mass is 396 g/mol. The van der Waals surface area contributed by atoms with Gasteiger partial charge in [0.05, 0.1) is 12.8 Å². The zero-order chi connectivity index (χ0) is 20.9. The Morgan fingerprint density at radius 1 is 1.07 bits per heavy atom. The van der Waals surface area contributed by atoms with E-state index in [9.17, 15) is 9.90 Å². The number of H-pyrrole nitrogens is 1. The number of hydrogen-bond donors (Lipinski definition) is 2. The topological polar surface area (TPSA) is 74.7 Å². The van der Waals surface area contributed by atoms with Gasteiger partial charge in [0, 0.05) is 34.4 Å². The molecule has 0 fully saturated rings. The highest BCUT2D eigenvalue weighted by atomic mass is 16.5. The molecule has 1 aromatic heterocycles. The number of phenolic OH excluding ortho intramolecular Hbond substituents is 1. The molecular formula is C25H20N2O3. The van der Waals surface area contributed by atoms with Crippen molar-refractivity contribution in [3.63, 3.8) is 0 Å². The number of fused-ring (bicyclic) bond motifs is 1. The van der Waals surface area contributed by atoms with E-state index >= 15 is 0 Å². The lowest BCUT2D eigenvalue weighted by atomic mass is 10.1. The summed E-state index contributed by atoms with van der Waals surface area (Å²) in [5.74, 6) is 0.306. The van der Waals surface area contributed by atoms with E-state index in [1.54, 1.807) is 30.3 Å². The maximum Gasteiger partial charge on any atom is 0.185 e. The molecule has 5 nitrogen and oxygen atoms in total. The highest BCUT2D eigenvalue weighted by Crippen LogP contribution is 2.27. The summed E-state index contributed by atoms with van der Waals surface area (Å²) >= 11 is 0. The third-order valence-corrected chi connectivity index (χ3v) is 4.76. The average Bonchev–Trinajstić information content (AvgIpc) is 3.20. The quantitative estimate of drug-likeness (QED) is 0.256. The lowest BCUT2D eigenvalue weighted by molar-refractivity contribution is 0.104. The van der Waals surface area contributed by atoms with Gasteiger partial charge in [0.15, 0.2) is 17.3 Å². The van der Waals surface area contributed by atoms with Crippen LogP contribution in [0.1, 0.15) is 21.5 Å². The lowest BCUT2D eigenvalue weighted by Gasteiger charge is -2.03. The Morgan fingerprint density at radius 2 is 1.87 bits per heavy atom. The predicted octanol–water partition coefficient (Wildman–Crippen LogP) is 5.53. The van der Waals surface area contributed by atoms with Crippen LogP contribution >= 0.6 is 0 Å². The first-order valence-electron chi connectivity index (χ1n) is 9.44. The molecule has 0 unspecified atom stereocenters. The van der Waals surface area contributed by atoms with Gasteiger partial charge in [0.1, 0.15) is 0 Å². The number of carbonyl (C=O) groups excluding carboxylic acids is 1. The van der Waals surface area contributed by atoms with E-state index in [4.69, 9.17) is 4.74 Å². The van der Waals surface area contributed by atoms with Gasteiger partial charge in [-0.2, -0.15) is 0 Å². The Bertz CT molecular complexity index is 1250. The zero-order valence-electron chi connectivity index (χ0n) is 16.4. The standard InChI is InChI=1S/C25H20N2O3/c1-30-25-14-17(7-13-24(25)29)6-12-23(28)18-8-10-20(11-9-18)26-15-19-16-27-22-5-3-2-4-21(19)22/h2-16,27,29H,1H3/b12-6+,26-15?. The molecule has 4 rings (SSSR count). The average molecular weight is 396 g/mol. The first-order chi connectivity index (χ1) is 14.6. The third-order valence-electron chi connectivity index (χ3n) is 4.76. The Labute approximate surface area is 174 Å². The van der Waals surface area contributed by atoms with E-state index in [2.05, 4.69) is 9.98 Å². The number of allylic oxidation sites excluding steroid dienone is 1. The maximum atomic E-state index is 12.4. The summed E-state index contributed by atoms with van der Waals surface area (Å²) in [5, 5.41) is 10.8. The van der Waals surface area contributed by atoms with Crippen LogP contribution in [-0.2, 0) is 0 Å². The summed E-state index contributed by atoms with van der Waals surface area (Å²) in [6.07, 6.45) is 6.92. The molecule has 1 heterocycles. The number of aliphatic imine (C=N–C) groups is 1. The summed E-state index contributed by atoms with van der Waals surface area (Å²) in [6, 6.07) is 20.1. The SMILES string of the molecule is COc1cc(/C=C/C(=O)c2ccc(N=Cc3c[nH]c4ccccc34)cc2)ccc1O. The van der Waals surface area contributed by atoms with Crippen LogP contribution in [0.4, 0.5) is 5.69 Å². The summed E-state index contributed by atoms with van der Waals surface area (Å²) < 4.78 is 5.08. The fraction of sp³-hybridized carbons (Fsp3) is 0.0400. The maximum absolute atomic E-state index is 12.4. The number of rotatable bonds is 6. The van der Waals surface area contributed by atoms with Gasteiger partial charge in [-0.1, -0.05) is 30.3 Å². The van der Waals surface area contributed by atoms with Crippen molar-refractivity contribution in [2.45, 2.75) is 0 Å². The number of hydrogen-bond acceptors (Lipinski definition) is 4. The Balaban J connectivity index is 1.46. The van der Waals surface area contributed by atoms with Gasteiger partial charge in [-0.25, -0.2) is 0 Å². The van der Waals surface area contributed by atoms with Gasteiger partial charge >= 0.3 is 0 Å². The van der Waals surface area contributed by atoms with Gasteiger partial charge in [-0.15, -0.1) is 0 Å². The molecule has 2 N–H and O–H groups in total. The highest BCUT2D eigenvalue weighted by molar-refractivity contribution is 6.07. The summed E-state index contributed by atoms with van der Waals surface area (Å²) in [7, 11) is 1.48. The van der Waals surface area contributed by atoms with Gasteiger partial charge in [0.2, 0.25) is 0 Å². The number of nitrogens with zero attached hydrogens (tertiary/aromatic N) is 1. The van der Waals surface area contributed by atoms with Crippen molar-refractivity contribution in [1.29, 1.82) is 0 Å². The molecule has 0 amide bonds. The van der Waals surface area contributed by atoms with Gasteiger partial charge in [-0.05, 0) is 54.1 Å². The number of methoxy groups -OCH3 is 1. The molecule has 0 saturated heterocycles. The van der Waals surface area contributed by atoms with Crippen molar-refractivity contribution in [3.05, 3.63) is 95.7 Å². The van der Waals surface area contributed by atoms with Crippen LogP contribution in [0, 0.1) is 0 Å². The van der Waals surface area contributed by atoms with Crippen LogP contribution in [0.5, 0.6) is 11.5 Å². The summed E-state index contributed by atoms with van der Waals surface area (Å²) in [4.78, 5) is 20.2. The molecule has 0 atom stereocenters. The first-order valence-corrected chi connectivity index (χ1v) is 9.44. The highest BCUT2D eigenvalue weighted by Gasteiger charge is 2.04. The molecule has 0 saturated carbocycles. The normalized spacial score (nSPS) is 11.5. The molecule has 0 aliphatic heterocycles. The number of aromatic hydroxyl groups is 1. The lowest BCUT2D eigenvalue weighted by Crippen LogP contribution is -1.93. The van der Waals surface area contributed by atoms with Crippen molar-refractivity contribution in [1.82, 2.24) is 4.98 Å². The molecule has 0 aliphatic rings. The molecule has 0 bridgehead atoms. The van der Waals surface area contributed by atoms with Crippen LogP contribution in [0.3, 0.4) is 0 Å². The van der Waals surface area contributed by atoms with E-state index in [-0.39, 0.29) is 11.5 Å². The van der Waals surface area contributed by atoms with Crippen molar-refractivity contribution in [2.24, 2.45) is 4.99 Å². The molecule has 0 aliphatic carbocycles. The molecule has 5 heteroatoms. The van der Waals surface area contributed by atoms with Gasteiger partial charge in [-0.3, -0.25) is 9.79 Å². The van der Waals surface area contributed by atoms with Crippen LogP contribution < -0.4 is 4.74 Å². The smallest absolute Gasteiger partial charge is 0.185 e. The molecule has 30 heavy (non-hydrogen) atoms. The number of aromatic nitrogens is 1. The van der Waals surface area contributed by atoms with Crippen molar-refractivity contribution in [3.8, 4) is 11.5 Å². The number of carbonyl (C=O) groups is 1. The Kier molecular flexibility index (Phi) is 5.44. The second kappa shape index (κ2) is 8.49. The summed E-state index contributed by atoms with van der Waals surface area (Å²) in [5.41, 5.74) is 4.18. The van der Waals surface area contributed by atoms with Crippen LogP contribution in [0.15, 0.2) is 84.0 Å². The second-order valence-electron chi connectivity index (χ2n) is 6.72. The number of ether oxygens (including phenoxy) is 1. The van der Waals surface area contributed by atoms with E-state index in [0.29, 0.717) is 11.3 Å². The molecular weight excluding hydrogens is 376 g/mol. The number of aromatic amines is 1. The first kappa shape index (κ1) is 19.2. The van der Waals surface area contributed by atoms with Gasteiger partial charge < -0.3 is 14.8 Å². The molecule has 148 valence electrons. The molecule has 0 radical (unpaired) electrons. The summed E-state index contributed by atoms with van der Waals surface area (Å²) in [6.45, 7) is 0. The van der Waals surface area contributed by atoms with Crippen molar-refractivity contribution in [2.75, 3.05) is 7.11 Å². The fourth-order valence-electron chi connectivity index (χ4n) is 3.12. The minimum absolute atomic E-state index is 0.0600. The number of nitrogens with one attached hydrogen (secondary N) is 1. The number of phenols is 1. The predicted molar refractivity (Wildman–Crippen MR) is 120 cm³/mol. The van der Waals surface area contributed by atoms with Crippen LogP contribution in [-0.4, -0.2) is 29.2 Å². The van der Waals surface area contributed by atoms with Crippen molar-refractivity contribution >= 4 is 34.7 Å². The minimum atomic E-state index is -0.116. The van der Waals surface area contributed by atoms with Crippen LogP contribution in [0.2, 0.25) is 0 Å². The third kappa shape index (κ3) is 4.15. The zero-order valence-corrected chi connectivity index (χ0v) is 16.4. The largest absolute Gasteiger partial charge is 0.504 e. The Morgan fingerprint density at radius 3 is 2.67 bits per heavy atom. The van der Waals surface area contributed by atoms with E-state index in [1.807, 2.05) is 48.8 Å². The molecule has 0 spiro atoms. The number of benzene rings is 3. The van der Waals surface area contributed by atoms with E-state index in [0.717, 1.165) is 27.7 Å². The fourth-order valence-corrected chi connectivity index (χ4v) is 3.12.